The topological polar surface area (TPSA) is 111 Å². The zero-order valence-electron chi connectivity index (χ0n) is 14.4. The van der Waals surface area contributed by atoms with Gasteiger partial charge in [0.15, 0.2) is 0 Å². The second-order valence-corrected chi connectivity index (χ2v) is 7.60. The van der Waals surface area contributed by atoms with Gasteiger partial charge in [-0.2, -0.15) is 0 Å². The van der Waals surface area contributed by atoms with Crippen LogP contribution in [0.25, 0.3) is 0 Å². The Kier molecular flexibility index (Phi) is 6.39. The van der Waals surface area contributed by atoms with Gasteiger partial charge in [0.2, 0.25) is 10.0 Å². The number of carboxylic acids is 1. The van der Waals surface area contributed by atoms with Crippen LogP contribution in [0.5, 0.6) is 5.75 Å². The number of hydrogen-bond acceptors (Lipinski definition) is 6. The van der Waals surface area contributed by atoms with Crippen LogP contribution in [0.1, 0.15) is 17.5 Å². The molecule has 0 saturated carbocycles. The first kappa shape index (κ1) is 19.6. The zero-order valence-corrected chi connectivity index (χ0v) is 15.3. The summed E-state index contributed by atoms with van der Waals surface area (Å²) in [7, 11) is -2.37. The van der Waals surface area contributed by atoms with Crippen molar-refractivity contribution in [3.8, 4) is 5.75 Å². The van der Waals surface area contributed by atoms with Crippen LogP contribution in [0, 0.1) is 13.8 Å². The number of aryl methyl sites for hydroxylation is 2. The first-order chi connectivity index (χ1) is 11.7. The lowest BCUT2D eigenvalue weighted by molar-refractivity contribution is -0.147. The highest BCUT2D eigenvalue weighted by molar-refractivity contribution is 7.89. The summed E-state index contributed by atoms with van der Waals surface area (Å²) in [5.74, 6) is -0.628. The van der Waals surface area contributed by atoms with Crippen LogP contribution in [0.2, 0.25) is 0 Å². The zero-order chi connectivity index (χ0) is 18.6. The molecule has 0 unspecified atom stereocenters. The van der Waals surface area contributed by atoms with Gasteiger partial charge in [-0.3, -0.25) is 0 Å². The maximum absolute atomic E-state index is 12.8. The summed E-state index contributed by atoms with van der Waals surface area (Å²) in [5.41, 5.74) is 1.42. The molecule has 1 saturated heterocycles. The molecule has 1 aliphatic rings. The van der Waals surface area contributed by atoms with Crippen molar-refractivity contribution in [3.63, 3.8) is 0 Å². The smallest absolute Gasteiger partial charge is 0.329 e. The molecule has 1 heterocycles. The molecule has 1 aliphatic heterocycles. The predicted octanol–water partition coefficient (Wildman–Crippen LogP) is 0.849. The molecule has 0 aromatic heterocycles. The normalized spacial score (nSPS) is 21.1. The number of benzene rings is 1. The summed E-state index contributed by atoms with van der Waals surface area (Å²) in [6.07, 6.45) is -0.149. The molecule has 0 radical (unpaired) electrons. The van der Waals surface area contributed by atoms with E-state index in [-0.39, 0.29) is 11.5 Å². The maximum atomic E-state index is 12.8. The Morgan fingerprint density at radius 3 is 2.72 bits per heavy atom. The van der Waals surface area contributed by atoms with Crippen LogP contribution < -0.4 is 9.46 Å². The molecule has 9 heteroatoms. The van der Waals surface area contributed by atoms with Crippen molar-refractivity contribution in [2.24, 2.45) is 0 Å². The number of ether oxygens (including phenoxy) is 3. The van der Waals surface area contributed by atoms with E-state index in [9.17, 15) is 13.2 Å². The van der Waals surface area contributed by atoms with Crippen molar-refractivity contribution in [1.29, 1.82) is 0 Å². The fourth-order valence-electron chi connectivity index (χ4n) is 2.79. The SMILES string of the molecule is COc1cc(S(=O)(=O)N[C@@H]2COCC[C@@H]2OCC(=O)O)c(C)cc1C. The van der Waals surface area contributed by atoms with Crippen molar-refractivity contribution in [1.82, 2.24) is 4.72 Å². The Labute approximate surface area is 147 Å². The van der Waals surface area contributed by atoms with Gasteiger partial charge in [0.1, 0.15) is 12.4 Å². The second kappa shape index (κ2) is 8.13. The van der Waals surface area contributed by atoms with Crippen LogP contribution in [0.15, 0.2) is 17.0 Å². The summed E-state index contributed by atoms with van der Waals surface area (Å²) < 4.78 is 44.0. The monoisotopic (exact) mass is 373 g/mol. The molecule has 2 rings (SSSR count). The van der Waals surface area contributed by atoms with E-state index in [4.69, 9.17) is 19.3 Å². The fourth-order valence-corrected chi connectivity index (χ4v) is 4.28. The molecule has 0 spiro atoms. The summed E-state index contributed by atoms with van der Waals surface area (Å²) >= 11 is 0. The van der Waals surface area contributed by atoms with E-state index < -0.39 is 34.7 Å². The quantitative estimate of drug-likeness (QED) is 0.729. The first-order valence-electron chi connectivity index (χ1n) is 7.83. The number of hydrogen-bond donors (Lipinski definition) is 2. The third-order valence-electron chi connectivity index (χ3n) is 4.00. The lowest BCUT2D eigenvalue weighted by Crippen LogP contribution is -2.50. The molecule has 0 bridgehead atoms. The Morgan fingerprint density at radius 2 is 2.08 bits per heavy atom. The minimum atomic E-state index is -3.85. The molecule has 8 nitrogen and oxygen atoms in total. The lowest BCUT2D eigenvalue weighted by atomic mass is 10.1. The van der Waals surface area contributed by atoms with Crippen LogP contribution in [-0.2, 0) is 24.3 Å². The molecule has 140 valence electrons. The number of carboxylic acid groups (broad SMARTS) is 1. The highest BCUT2D eigenvalue weighted by Crippen LogP contribution is 2.26. The average molecular weight is 373 g/mol. The van der Waals surface area contributed by atoms with Gasteiger partial charge in [-0.05, 0) is 31.4 Å². The van der Waals surface area contributed by atoms with E-state index in [0.717, 1.165) is 5.56 Å². The van der Waals surface area contributed by atoms with Crippen LogP contribution >= 0.6 is 0 Å². The third kappa shape index (κ3) is 4.91. The number of aliphatic carboxylic acids is 1. The van der Waals surface area contributed by atoms with Crippen molar-refractivity contribution >= 4 is 16.0 Å². The number of carbonyl (C=O) groups is 1. The first-order valence-corrected chi connectivity index (χ1v) is 9.31. The van der Waals surface area contributed by atoms with Gasteiger partial charge in [0, 0.05) is 12.7 Å². The second-order valence-electron chi connectivity index (χ2n) is 5.92. The molecule has 0 amide bonds. The van der Waals surface area contributed by atoms with Gasteiger partial charge in [-0.1, -0.05) is 6.07 Å². The highest BCUT2D eigenvalue weighted by atomic mass is 32.2. The van der Waals surface area contributed by atoms with Crippen molar-refractivity contribution in [2.75, 3.05) is 26.9 Å². The third-order valence-corrected chi connectivity index (χ3v) is 5.63. The minimum Gasteiger partial charge on any atom is -0.496 e. The van der Waals surface area contributed by atoms with Gasteiger partial charge in [-0.25, -0.2) is 17.9 Å². The van der Waals surface area contributed by atoms with Crippen LogP contribution in [0.4, 0.5) is 0 Å². The van der Waals surface area contributed by atoms with Gasteiger partial charge < -0.3 is 19.3 Å². The van der Waals surface area contributed by atoms with E-state index >= 15 is 0 Å². The molecular formula is C16H23NO7S. The highest BCUT2D eigenvalue weighted by Gasteiger charge is 2.32. The molecule has 1 fully saturated rings. The Hall–Kier alpha value is -1.68. The van der Waals surface area contributed by atoms with E-state index in [1.165, 1.54) is 13.2 Å². The van der Waals surface area contributed by atoms with E-state index in [1.54, 1.807) is 13.0 Å². The fraction of sp³-hybridized carbons (Fsp3) is 0.562. The number of rotatable bonds is 7. The molecular weight excluding hydrogens is 350 g/mol. The predicted molar refractivity (Wildman–Crippen MR) is 89.4 cm³/mol. The minimum absolute atomic E-state index is 0.109. The van der Waals surface area contributed by atoms with Crippen molar-refractivity contribution < 1.29 is 32.5 Å². The van der Waals surface area contributed by atoms with Gasteiger partial charge in [0.25, 0.3) is 0 Å². The summed E-state index contributed by atoms with van der Waals surface area (Å²) in [6.45, 7) is 3.56. The molecule has 0 aliphatic carbocycles. The van der Waals surface area contributed by atoms with Gasteiger partial charge >= 0.3 is 5.97 Å². The van der Waals surface area contributed by atoms with E-state index in [2.05, 4.69) is 4.72 Å². The molecule has 25 heavy (non-hydrogen) atoms. The maximum Gasteiger partial charge on any atom is 0.329 e. The van der Waals surface area contributed by atoms with Gasteiger partial charge in [-0.15, -0.1) is 0 Å². The van der Waals surface area contributed by atoms with Crippen LogP contribution in [0.3, 0.4) is 0 Å². The molecule has 1 aromatic carbocycles. The Balaban J connectivity index is 2.23. The summed E-state index contributed by atoms with van der Waals surface area (Å²) in [6, 6.07) is 2.55. The standard InChI is InChI=1S/C16H23NO7S/c1-10-6-11(2)15(7-14(10)22-3)25(20,21)17-12-8-23-5-4-13(12)24-9-16(18)19/h6-7,12-13,17H,4-5,8-9H2,1-3H3,(H,18,19)/t12-,13+/m1/s1. The number of nitrogens with one attached hydrogen (secondary N) is 1. The molecule has 2 N–H and O–H groups in total. The van der Waals surface area contributed by atoms with E-state index in [0.29, 0.717) is 24.3 Å². The van der Waals surface area contributed by atoms with E-state index in [1.807, 2.05) is 6.92 Å². The van der Waals surface area contributed by atoms with Crippen molar-refractivity contribution in [3.05, 3.63) is 23.3 Å². The summed E-state index contributed by atoms with van der Waals surface area (Å²) in [4.78, 5) is 10.8. The Bertz CT molecular complexity index is 732. The number of methoxy groups -OCH3 is 1. The molecule has 1 aromatic rings. The van der Waals surface area contributed by atoms with Crippen molar-refractivity contribution in [2.45, 2.75) is 37.3 Å². The lowest BCUT2D eigenvalue weighted by Gasteiger charge is -2.31. The van der Waals surface area contributed by atoms with Crippen LogP contribution in [-0.4, -0.2) is 58.6 Å². The Morgan fingerprint density at radius 1 is 1.36 bits per heavy atom. The largest absolute Gasteiger partial charge is 0.496 e. The summed E-state index contributed by atoms with van der Waals surface area (Å²) in [5, 5.41) is 8.75. The molecule has 2 atom stereocenters. The number of sulfonamides is 1. The van der Waals surface area contributed by atoms with Gasteiger partial charge in [0.05, 0.1) is 30.8 Å². The average Bonchev–Trinajstić information content (AvgIpc) is 2.53.